The normalized spacial score (nSPS) is 15.6. The predicted octanol–water partition coefficient (Wildman–Crippen LogP) is 1.14. The van der Waals surface area contributed by atoms with E-state index < -0.39 is 11.9 Å². The minimum Gasteiger partial charge on any atom is -0.504 e. The number of carbonyl (C=O) groups is 2. The Morgan fingerprint density at radius 3 is 2.57 bits per heavy atom. The first-order valence-electron chi connectivity index (χ1n) is 6.99. The van der Waals surface area contributed by atoms with Gasteiger partial charge >= 0.3 is 0 Å². The molecule has 114 valence electrons. The summed E-state index contributed by atoms with van der Waals surface area (Å²) in [6.45, 7) is 3.17. The van der Waals surface area contributed by atoms with Crippen LogP contribution in [0.25, 0.3) is 0 Å². The molecular formula is C15H20N2O4. The smallest absolute Gasteiger partial charge is 0.252 e. The largest absolute Gasteiger partial charge is 0.504 e. The van der Waals surface area contributed by atoms with Gasteiger partial charge in [-0.05, 0) is 38.0 Å². The molecule has 1 aromatic carbocycles. The van der Waals surface area contributed by atoms with Crippen molar-refractivity contribution in [3.63, 3.8) is 0 Å². The number of phenols is 1. The van der Waals surface area contributed by atoms with Crippen LogP contribution in [0.1, 0.15) is 30.1 Å². The third-order valence-electron chi connectivity index (χ3n) is 3.58. The Hall–Kier alpha value is -2.24. The Labute approximate surface area is 123 Å². The average Bonchev–Trinajstić information content (AvgIpc) is 3.00. The standard InChI is InChI=1S/C15H20N2O4/c1-10(15(20)17-7-3-4-8-17)16-14(19)11-5-6-13(21-2)12(18)9-11/h5-6,9-10,18H,3-4,7-8H2,1-2H3,(H,16,19). The number of amides is 2. The maximum Gasteiger partial charge on any atom is 0.252 e. The molecule has 2 amide bonds. The molecule has 0 saturated carbocycles. The van der Waals surface area contributed by atoms with Gasteiger partial charge in [0.25, 0.3) is 5.91 Å². The molecule has 1 aliphatic heterocycles. The van der Waals surface area contributed by atoms with Gasteiger partial charge in [0.2, 0.25) is 5.91 Å². The van der Waals surface area contributed by atoms with Gasteiger partial charge in [0, 0.05) is 18.7 Å². The number of hydrogen-bond donors (Lipinski definition) is 2. The van der Waals surface area contributed by atoms with Crippen LogP contribution in [0.3, 0.4) is 0 Å². The number of aromatic hydroxyl groups is 1. The van der Waals surface area contributed by atoms with E-state index in [1.54, 1.807) is 17.9 Å². The number of rotatable bonds is 4. The highest BCUT2D eigenvalue weighted by atomic mass is 16.5. The average molecular weight is 292 g/mol. The Bertz CT molecular complexity index is 538. The van der Waals surface area contributed by atoms with E-state index in [1.165, 1.54) is 19.2 Å². The highest BCUT2D eigenvalue weighted by Crippen LogP contribution is 2.26. The fraction of sp³-hybridized carbons (Fsp3) is 0.467. The highest BCUT2D eigenvalue weighted by molar-refractivity contribution is 5.97. The van der Waals surface area contributed by atoms with E-state index in [0.29, 0.717) is 5.75 Å². The Kier molecular flexibility index (Phi) is 4.67. The van der Waals surface area contributed by atoms with Gasteiger partial charge in [0.15, 0.2) is 11.5 Å². The van der Waals surface area contributed by atoms with Gasteiger partial charge in [-0.25, -0.2) is 0 Å². The van der Waals surface area contributed by atoms with E-state index in [1.807, 2.05) is 0 Å². The zero-order chi connectivity index (χ0) is 15.4. The first kappa shape index (κ1) is 15.2. The lowest BCUT2D eigenvalue weighted by molar-refractivity contribution is -0.131. The Morgan fingerprint density at radius 1 is 1.33 bits per heavy atom. The zero-order valence-electron chi connectivity index (χ0n) is 12.3. The van der Waals surface area contributed by atoms with Gasteiger partial charge in [-0.2, -0.15) is 0 Å². The molecule has 6 heteroatoms. The molecule has 1 unspecified atom stereocenters. The van der Waals surface area contributed by atoms with Crippen molar-refractivity contribution in [3.8, 4) is 11.5 Å². The molecule has 2 N–H and O–H groups in total. The number of benzene rings is 1. The molecule has 1 heterocycles. The van der Waals surface area contributed by atoms with Gasteiger partial charge in [-0.15, -0.1) is 0 Å². The summed E-state index contributed by atoms with van der Waals surface area (Å²) in [5.74, 6) is -0.275. The van der Waals surface area contributed by atoms with Crippen LogP contribution in [0.4, 0.5) is 0 Å². The summed E-state index contributed by atoms with van der Waals surface area (Å²) < 4.78 is 4.92. The van der Waals surface area contributed by atoms with Crippen LogP contribution in [0.15, 0.2) is 18.2 Å². The molecule has 0 radical (unpaired) electrons. The van der Waals surface area contributed by atoms with Gasteiger partial charge < -0.3 is 20.1 Å². The molecule has 0 aromatic heterocycles. The molecule has 0 bridgehead atoms. The van der Waals surface area contributed by atoms with Crippen molar-refractivity contribution in [2.75, 3.05) is 20.2 Å². The number of carbonyl (C=O) groups excluding carboxylic acids is 2. The number of phenolic OH excluding ortho intramolecular Hbond substituents is 1. The lowest BCUT2D eigenvalue weighted by Gasteiger charge is -2.21. The van der Waals surface area contributed by atoms with Crippen molar-refractivity contribution in [1.29, 1.82) is 0 Å². The number of methoxy groups -OCH3 is 1. The van der Waals surface area contributed by atoms with Crippen molar-refractivity contribution in [2.45, 2.75) is 25.8 Å². The number of hydrogen-bond acceptors (Lipinski definition) is 4. The number of nitrogens with one attached hydrogen (secondary N) is 1. The molecule has 0 aliphatic carbocycles. The second-order valence-electron chi connectivity index (χ2n) is 5.11. The maximum atomic E-state index is 12.1. The summed E-state index contributed by atoms with van der Waals surface area (Å²) in [7, 11) is 1.44. The van der Waals surface area contributed by atoms with E-state index in [2.05, 4.69) is 5.32 Å². The second-order valence-corrected chi connectivity index (χ2v) is 5.11. The topological polar surface area (TPSA) is 78.9 Å². The van der Waals surface area contributed by atoms with Crippen LogP contribution in [-0.2, 0) is 4.79 Å². The quantitative estimate of drug-likeness (QED) is 0.872. The third kappa shape index (κ3) is 3.45. The van der Waals surface area contributed by atoms with Crippen LogP contribution in [0.2, 0.25) is 0 Å². The van der Waals surface area contributed by atoms with Crippen molar-refractivity contribution in [1.82, 2.24) is 10.2 Å². The minimum absolute atomic E-state index is 0.0708. The molecule has 1 aromatic rings. The molecule has 6 nitrogen and oxygen atoms in total. The number of likely N-dealkylation sites (tertiary alicyclic amines) is 1. The SMILES string of the molecule is COc1ccc(C(=O)NC(C)C(=O)N2CCCC2)cc1O. The van der Waals surface area contributed by atoms with Crippen molar-refractivity contribution < 1.29 is 19.4 Å². The lowest BCUT2D eigenvalue weighted by Crippen LogP contribution is -2.45. The first-order chi connectivity index (χ1) is 10.0. The van der Waals surface area contributed by atoms with Crippen LogP contribution in [0, 0.1) is 0 Å². The predicted molar refractivity (Wildman–Crippen MR) is 77.4 cm³/mol. The van der Waals surface area contributed by atoms with E-state index >= 15 is 0 Å². The van der Waals surface area contributed by atoms with E-state index in [0.717, 1.165) is 25.9 Å². The van der Waals surface area contributed by atoms with Crippen molar-refractivity contribution >= 4 is 11.8 Å². The van der Waals surface area contributed by atoms with Gasteiger partial charge in [0.1, 0.15) is 6.04 Å². The minimum atomic E-state index is -0.583. The second kappa shape index (κ2) is 6.47. The summed E-state index contributed by atoms with van der Waals surface area (Å²) in [5, 5.41) is 12.3. The molecule has 1 aliphatic rings. The molecule has 21 heavy (non-hydrogen) atoms. The number of ether oxygens (including phenoxy) is 1. The summed E-state index contributed by atoms with van der Waals surface area (Å²) in [5.41, 5.74) is 0.286. The Morgan fingerprint density at radius 2 is 2.00 bits per heavy atom. The van der Waals surface area contributed by atoms with Crippen LogP contribution in [0.5, 0.6) is 11.5 Å². The summed E-state index contributed by atoms with van der Waals surface area (Å²) in [4.78, 5) is 26.0. The number of nitrogens with zero attached hydrogens (tertiary/aromatic N) is 1. The van der Waals surface area contributed by atoms with E-state index in [9.17, 15) is 14.7 Å². The molecule has 1 atom stereocenters. The maximum absolute atomic E-state index is 12.1. The van der Waals surface area contributed by atoms with Gasteiger partial charge in [-0.1, -0.05) is 0 Å². The highest BCUT2D eigenvalue weighted by Gasteiger charge is 2.24. The van der Waals surface area contributed by atoms with Crippen LogP contribution in [-0.4, -0.2) is 48.1 Å². The summed E-state index contributed by atoms with van der Waals surface area (Å²) in [6, 6.07) is 3.79. The van der Waals surface area contributed by atoms with Gasteiger partial charge in [0.05, 0.1) is 7.11 Å². The zero-order valence-corrected chi connectivity index (χ0v) is 12.3. The fourth-order valence-electron chi connectivity index (χ4n) is 2.38. The molecule has 2 rings (SSSR count). The van der Waals surface area contributed by atoms with Gasteiger partial charge in [-0.3, -0.25) is 9.59 Å². The van der Waals surface area contributed by atoms with Crippen LogP contribution < -0.4 is 10.1 Å². The molecule has 1 saturated heterocycles. The molecular weight excluding hydrogens is 272 g/mol. The first-order valence-corrected chi connectivity index (χ1v) is 6.99. The fourth-order valence-corrected chi connectivity index (χ4v) is 2.38. The lowest BCUT2D eigenvalue weighted by atomic mass is 10.1. The Balaban J connectivity index is 2.00. The summed E-state index contributed by atoms with van der Waals surface area (Å²) in [6.07, 6.45) is 2.03. The monoisotopic (exact) mass is 292 g/mol. The third-order valence-corrected chi connectivity index (χ3v) is 3.58. The van der Waals surface area contributed by atoms with Crippen molar-refractivity contribution in [3.05, 3.63) is 23.8 Å². The van der Waals surface area contributed by atoms with E-state index in [4.69, 9.17) is 4.74 Å². The molecule has 0 spiro atoms. The molecule has 1 fully saturated rings. The van der Waals surface area contributed by atoms with E-state index in [-0.39, 0.29) is 17.2 Å². The van der Waals surface area contributed by atoms with Crippen molar-refractivity contribution in [2.24, 2.45) is 0 Å². The van der Waals surface area contributed by atoms with Crippen LogP contribution >= 0.6 is 0 Å². The summed E-state index contributed by atoms with van der Waals surface area (Å²) >= 11 is 0.